The molecule has 1 fully saturated rings. The molecule has 2 rings (SSSR count). The molecule has 4 heteroatoms. The first-order chi connectivity index (χ1) is 7.97. The SMILES string of the molecule is C[C@H]1CNCCN1Cc1ncc(C(C)(C)C)s1. The van der Waals surface area contributed by atoms with Gasteiger partial charge in [-0.05, 0) is 12.3 Å². The summed E-state index contributed by atoms with van der Waals surface area (Å²) in [6.07, 6.45) is 2.05. The molecule has 0 unspecified atom stereocenters. The lowest BCUT2D eigenvalue weighted by Gasteiger charge is -2.33. The molecule has 1 N–H and O–H groups in total. The standard InChI is InChI=1S/C13H23N3S/c1-10-7-14-5-6-16(10)9-12-15-8-11(17-12)13(2,3)4/h8,10,14H,5-7,9H2,1-4H3/t10-/m0/s1. The Balaban J connectivity index is 2.01. The smallest absolute Gasteiger partial charge is 0.107 e. The van der Waals surface area contributed by atoms with Gasteiger partial charge in [-0.25, -0.2) is 4.98 Å². The second-order valence-corrected chi connectivity index (χ2v) is 7.01. The minimum absolute atomic E-state index is 0.227. The quantitative estimate of drug-likeness (QED) is 0.876. The van der Waals surface area contributed by atoms with Crippen LogP contribution in [0.2, 0.25) is 0 Å². The van der Waals surface area contributed by atoms with Crippen LogP contribution in [0.3, 0.4) is 0 Å². The predicted octanol–water partition coefficient (Wildman–Crippen LogP) is 2.23. The lowest BCUT2D eigenvalue weighted by molar-refractivity contribution is 0.165. The van der Waals surface area contributed by atoms with Crippen molar-refractivity contribution in [2.45, 2.75) is 45.7 Å². The Morgan fingerprint density at radius 3 is 2.88 bits per heavy atom. The van der Waals surface area contributed by atoms with Gasteiger partial charge in [0.25, 0.3) is 0 Å². The van der Waals surface area contributed by atoms with Gasteiger partial charge < -0.3 is 5.32 Å². The molecule has 0 amide bonds. The summed E-state index contributed by atoms with van der Waals surface area (Å²) in [5.74, 6) is 0. The third kappa shape index (κ3) is 3.27. The van der Waals surface area contributed by atoms with Gasteiger partial charge in [-0.2, -0.15) is 0 Å². The third-order valence-electron chi connectivity index (χ3n) is 3.27. The van der Waals surface area contributed by atoms with E-state index in [2.05, 4.69) is 42.9 Å². The van der Waals surface area contributed by atoms with Crippen molar-refractivity contribution in [3.05, 3.63) is 16.1 Å². The van der Waals surface area contributed by atoms with Gasteiger partial charge in [0.05, 0.1) is 6.54 Å². The lowest BCUT2D eigenvalue weighted by Crippen LogP contribution is -2.49. The number of aromatic nitrogens is 1. The molecule has 1 aromatic heterocycles. The molecule has 17 heavy (non-hydrogen) atoms. The van der Waals surface area contributed by atoms with Gasteiger partial charge in [0.2, 0.25) is 0 Å². The lowest BCUT2D eigenvalue weighted by atomic mass is 9.96. The van der Waals surface area contributed by atoms with Gasteiger partial charge in [-0.15, -0.1) is 11.3 Å². The summed E-state index contributed by atoms with van der Waals surface area (Å²) in [4.78, 5) is 8.47. The summed E-state index contributed by atoms with van der Waals surface area (Å²) in [7, 11) is 0. The minimum Gasteiger partial charge on any atom is -0.314 e. The van der Waals surface area contributed by atoms with Crippen LogP contribution in [0.25, 0.3) is 0 Å². The van der Waals surface area contributed by atoms with Gasteiger partial charge in [0.1, 0.15) is 5.01 Å². The Kier molecular flexibility index (Phi) is 3.85. The number of nitrogens with one attached hydrogen (secondary N) is 1. The highest BCUT2D eigenvalue weighted by atomic mass is 32.1. The van der Waals surface area contributed by atoms with E-state index in [1.807, 2.05) is 17.5 Å². The molecule has 0 aromatic carbocycles. The van der Waals surface area contributed by atoms with E-state index in [-0.39, 0.29) is 5.41 Å². The normalized spacial score (nSPS) is 22.9. The van der Waals surface area contributed by atoms with Crippen LogP contribution in [0.5, 0.6) is 0 Å². The number of hydrogen-bond donors (Lipinski definition) is 1. The number of hydrogen-bond acceptors (Lipinski definition) is 4. The summed E-state index contributed by atoms with van der Waals surface area (Å²) in [6, 6.07) is 0.616. The molecule has 0 saturated carbocycles. The maximum absolute atomic E-state index is 4.57. The Morgan fingerprint density at radius 1 is 1.53 bits per heavy atom. The van der Waals surface area contributed by atoms with E-state index in [4.69, 9.17) is 0 Å². The largest absolute Gasteiger partial charge is 0.314 e. The Bertz CT molecular complexity index is 367. The van der Waals surface area contributed by atoms with Gasteiger partial charge >= 0.3 is 0 Å². The van der Waals surface area contributed by atoms with Crippen LogP contribution in [0.1, 0.15) is 37.6 Å². The summed E-state index contributed by atoms with van der Waals surface area (Å²) >= 11 is 1.86. The van der Waals surface area contributed by atoms with Gasteiger partial charge in [0.15, 0.2) is 0 Å². The number of thiazole rings is 1. The molecule has 0 bridgehead atoms. The fourth-order valence-electron chi connectivity index (χ4n) is 2.02. The van der Waals surface area contributed by atoms with E-state index in [0.29, 0.717) is 6.04 Å². The zero-order valence-electron chi connectivity index (χ0n) is 11.3. The first-order valence-corrected chi connectivity index (χ1v) is 7.18. The second kappa shape index (κ2) is 5.04. The molecule has 1 aliphatic rings. The number of piperazine rings is 1. The monoisotopic (exact) mass is 253 g/mol. The first-order valence-electron chi connectivity index (χ1n) is 6.37. The van der Waals surface area contributed by atoms with Crippen molar-refractivity contribution in [2.75, 3.05) is 19.6 Å². The first kappa shape index (κ1) is 13.0. The van der Waals surface area contributed by atoms with Crippen LogP contribution >= 0.6 is 11.3 Å². The van der Waals surface area contributed by atoms with E-state index in [1.165, 1.54) is 9.88 Å². The molecule has 1 aliphatic heterocycles. The molecule has 2 heterocycles. The van der Waals surface area contributed by atoms with Gasteiger partial charge in [0, 0.05) is 36.8 Å². The average Bonchev–Trinajstić information content (AvgIpc) is 2.69. The maximum Gasteiger partial charge on any atom is 0.107 e. The van der Waals surface area contributed by atoms with Gasteiger partial charge in [-0.3, -0.25) is 4.90 Å². The topological polar surface area (TPSA) is 28.2 Å². The van der Waals surface area contributed by atoms with Crippen molar-refractivity contribution >= 4 is 11.3 Å². The van der Waals surface area contributed by atoms with E-state index >= 15 is 0 Å². The summed E-state index contributed by atoms with van der Waals surface area (Å²) < 4.78 is 0. The molecular weight excluding hydrogens is 230 g/mol. The molecule has 1 aromatic rings. The average molecular weight is 253 g/mol. The predicted molar refractivity (Wildman–Crippen MR) is 73.6 cm³/mol. The van der Waals surface area contributed by atoms with E-state index in [0.717, 1.165) is 26.2 Å². The van der Waals surface area contributed by atoms with E-state index in [1.54, 1.807) is 0 Å². The summed E-state index contributed by atoms with van der Waals surface area (Å²) in [6.45, 7) is 13.4. The molecule has 96 valence electrons. The van der Waals surface area contributed by atoms with Crippen molar-refractivity contribution in [2.24, 2.45) is 0 Å². The summed E-state index contributed by atoms with van der Waals surface area (Å²) in [5, 5.41) is 4.67. The number of rotatable bonds is 2. The van der Waals surface area contributed by atoms with Crippen molar-refractivity contribution in [1.29, 1.82) is 0 Å². The second-order valence-electron chi connectivity index (χ2n) is 5.89. The molecular formula is C13H23N3S. The highest BCUT2D eigenvalue weighted by Crippen LogP contribution is 2.28. The minimum atomic E-state index is 0.227. The molecule has 0 spiro atoms. The highest BCUT2D eigenvalue weighted by molar-refractivity contribution is 7.11. The fourth-order valence-corrected chi connectivity index (χ4v) is 3.02. The molecule has 0 aliphatic carbocycles. The van der Waals surface area contributed by atoms with E-state index < -0.39 is 0 Å². The van der Waals surface area contributed by atoms with Crippen LogP contribution in [-0.4, -0.2) is 35.6 Å². The van der Waals surface area contributed by atoms with Crippen molar-refractivity contribution in [3.8, 4) is 0 Å². The maximum atomic E-state index is 4.57. The van der Waals surface area contributed by atoms with Crippen molar-refractivity contribution in [3.63, 3.8) is 0 Å². The van der Waals surface area contributed by atoms with Crippen LogP contribution in [0.15, 0.2) is 6.20 Å². The Hall–Kier alpha value is -0.450. The Labute approximate surface area is 108 Å². The summed E-state index contributed by atoms with van der Waals surface area (Å²) in [5.41, 5.74) is 0.227. The zero-order chi connectivity index (χ0) is 12.5. The molecule has 1 saturated heterocycles. The number of nitrogens with zero attached hydrogens (tertiary/aromatic N) is 2. The van der Waals surface area contributed by atoms with Crippen molar-refractivity contribution < 1.29 is 0 Å². The van der Waals surface area contributed by atoms with Crippen LogP contribution in [-0.2, 0) is 12.0 Å². The van der Waals surface area contributed by atoms with E-state index in [9.17, 15) is 0 Å². The van der Waals surface area contributed by atoms with Gasteiger partial charge in [-0.1, -0.05) is 20.8 Å². The zero-order valence-corrected chi connectivity index (χ0v) is 12.1. The molecule has 0 radical (unpaired) electrons. The molecule has 3 nitrogen and oxygen atoms in total. The van der Waals surface area contributed by atoms with Crippen molar-refractivity contribution in [1.82, 2.24) is 15.2 Å². The van der Waals surface area contributed by atoms with Crippen LogP contribution < -0.4 is 5.32 Å². The third-order valence-corrected chi connectivity index (χ3v) is 4.68. The molecule has 1 atom stereocenters. The van der Waals surface area contributed by atoms with Crippen LogP contribution in [0, 0.1) is 0 Å². The Morgan fingerprint density at radius 2 is 2.29 bits per heavy atom. The highest BCUT2D eigenvalue weighted by Gasteiger charge is 2.21. The van der Waals surface area contributed by atoms with Crippen LogP contribution in [0.4, 0.5) is 0 Å². The fraction of sp³-hybridized carbons (Fsp3) is 0.769.